The standard InChI is InChI=1S/C18H21N3O6S/c1-5-11-7-13(20-27-11)17(22)21-28(24,25)15-8-14-12(6-10(15)4)19-18(23)16(26-14)9(2)3/h6-9,16H,5H2,1-4H3,(H,19,23)(H,21,22)/t16-/m0/s1. The van der Waals surface area contributed by atoms with Gasteiger partial charge < -0.3 is 14.6 Å². The third-order valence-electron chi connectivity index (χ3n) is 4.31. The van der Waals surface area contributed by atoms with E-state index in [9.17, 15) is 18.0 Å². The zero-order chi connectivity index (χ0) is 20.6. The average Bonchev–Trinajstić information content (AvgIpc) is 3.09. The van der Waals surface area contributed by atoms with Gasteiger partial charge in [-0.3, -0.25) is 9.59 Å². The van der Waals surface area contributed by atoms with Crippen molar-refractivity contribution in [3.8, 4) is 5.75 Å². The van der Waals surface area contributed by atoms with E-state index in [-0.39, 0.29) is 28.2 Å². The molecule has 0 saturated carbocycles. The summed E-state index contributed by atoms with van der Waals surface area (Å²) in [5.74, 6) is -0.588. The molecule has 2 amide bonds. The highest BCUT2D eigenvalue weighted by molar-refractivity contribution is 7.90. The number of amides is 2. The lowest BCUT2D eigenvalue weighted by atomic mass is 10.0. The molecule has 1 aromatic carbocycles. The highest BCUT2D eigenvalue weighted by Gasteiger charge is 2.32. The molecule has 2 heterocycles. The minimum absolute atomic E-state index is 0.103. The Kier molecular flexibility index (Phi) is 5.16. The first-order valence-electron chi connectivity index (χ1n) is 8.77. The number of hydrogen-bond donors (Lipinski definition) is 2. The highest BCUT2D eigenvalue weighted by atomic mass is 32.2. The number of fused-ring (bicyclic) bond motifs is 1. The Morgan fingerprint density at radius 3 is 2.64 bits per heavy atom. The number of nitrogens with one attached hydrogen (secondary N) is 2. The normalized spacial score (nSPS) is 16.3. The first kappa shape index (κ1) is 19.9. The van der Waals surface area contributed by atoms with Crippen molar-refractivity contribution in [3.63, 3.8) is 0 Å². The van der Waals surface area contributed by atoms with Crippen molar-refractivity contribution in [2.45, 2.75) is 45.1 Å². The van der Waals surface area contributed by atoms with Crippen LogP contribution in [0.3, 0.4) is 0 Å². The molecule has 1 atom stereocenters. The lowest BCUT2D eigenvalue weighted by Crippen LogP contribution is -2.40. The van der Waals surface area contributed by atoms with Crippen LogP contribution >= 0.6 is 0 Å². The van der Waals surface area contributed by atoms with Gasteiger partial charge in [0.05, 0.1) is 10.6 Å². The summed E-state index contributed by atoms with van der Waals surface area (Å²) in [5, 5.41) is 6.29. The minimum atomic E-state index is -4.19. The Morgan fingerprint density at radius 2 is 2.04 bits per heavy atom. The summed E-state index contributed by atoms with van der Waals surface area (Å²) in [6.45, 7) is 7.03. The maximum atomic E-state index is 12.7. The topological polar surface area (TPSA) is 128 Å². The fourth-order valence-electron chi connectivity index (χ4n) is 2.80. The van der Waals surface area contributed by atoms with E-state index in [1.807, 2.05) is 25.5 Å². The third-order valence-corrected chi connectivity index (χ3v) is 5.78. The summed E-state index contributed by atoms with van der Waals surface area (Å²) < 4.78 is 38.1. The second-order valence-corrected chi connectivity index (χ2v) is 8.50. The molecule has 0 saturated heterocycles. The Morgan fingerprint density at radius 1 is 1.32 bits per heavy atom. The number of nitrogens with zero attached hydrogens (tertiary/aromatic N) is 1. The van der Waals surface area contributed by atoms with Crippen LogP contribution in [0.25, 0.3) is 0 Å². The molecule has 28 heavy (non-hydrogen) atoms. The van der Waals surface area contributed by atoms with Gasteiger partial charge in [0.25, 0.3) is 21.8 Å². The zero-order valence-corrected chi connectivity index (χ0v) is 16.7. The third kappa shape index (κ3) is 3.72. The van der Waals surface area contributed by atoms with Crippen LogP contribution in [0.2, 0.25) is 0 Å². The number of rotatable bonds is 5. The molecule has 150 valence electrons. The Balaban J connectivity index is 1.91. The van der Waals surface area contributed by atoms with E-state index in [1.54, 1.807) is 6.92 Å². The molecule has 1 aliphatic heterocycles. The number of aromatic nitrogens is 1. The van der Waals surface area contributed by atoms with Crippen molar-refractivity contribution in [2.24, 2.45) is 5.92 Å². The van der Waals surface area contributed by atoms with Crippen LogP contribution in [0, 0.1) is 12.8 Å². The van der Waals surface area contributed by atoms with Gasteiger partial charge >= 0.3 is 0 Å². The van der Waals surface area contributed by atoms with Crippen molar-refractivity contribution >= 4 is 27.5 Å². The summed E-state index contributed by atoms with van der Waals surface area (Å²) in [7, 11) is -4.19. The van der Waals surface area contributed by atoms with Crippen LogP contribution in [-0.2, 0) is 21.2 Å². The first-order chi connectivity index (χ1) is 13.1. The molecular formula is C18H21N3O6S. The summed E-state index contributed by atoms with van der Waals surface area (Å²) in [4.78, 5) is 24.2. The number of anilines is 1. The van der Waals surface area contributed by atoms with Gasteiger partial charge in [-0.05, 0) is 24.5 Å². The van der Waals surface area contributed by atoms with Gasteiger partial charge in [0, 0.05) is 18.6 Å². The van der Waals surface area contributed by atoms with Crippen molar-refractivity contribution < 1.29 is 27.3 Å². The molecule has 1 aliphatic rings. The van der Waals surface area contributed by atoms with Gasteiger partial charge in [-0.25, -0.2) is 13.1 Å². The molecule has 2 aromatic rings. The molecule has 0 fully saturated rings. The van der Waals surface area contributed by atoms with E-state index in [0.717, 1.165) is 0 Å². The van der Waals surface area contributed by atoms with Crippen molar-refractivity contribution in [2.75, 3.05) is 5.32 Å². The summed E-state index contributed by atoms with van der Waals surface area (Å²) in [6, 6.07) is 4.18. The van der Waals surface area contributed by atoms with Gasteiger partial charge in [0.1, 0.15) is 11.5 Å². The summed E-state index contributed by atoms with van der Waals surface area (Å²) >= 11 is 0. The van der Waals surface area contributed by atoms with E-state index < -0.39 is 22.0 Å². The zero-order valence-electron chi connectivity index (χ0n) is 15.9. The molecule has 0 spiro atoms. The maximum Gasteiger partial charge on any atom is 0.287 e. The molecule has 0 unspecified atom stereocenters. The molecule has 2 N–H and O–H groups in total. The van der Waals surface area contributed by atoms with Gasteiger partial charge in [-0.1, -0.05) is 25.9 Å². The number of carbonyl (C=O) groups is 2. The SMILES string of the molecule is CCc1cc(C(=O)NS(=O)(=O)c2cc3c(cc2C)NC(=O)[C@H](C(C)C)O3)no1. The van der Waals surface area contributed by atoms with Crippen LogP contribution in [-0.4, -0.2) is 31.5 Å². The molecule has 0 aliphatic carbocycles. The predicted octanol–water partition coefficient (Wildman–Crippen LogP) is 2.02. The lowest BCUT2D eigenvalue weighted by Gasteiger charge is -2.29. The predicted molar refractivity (Wildman–Crippen MR) is 99.6 cm³/mol. The fourth-order valence-corrected chi connectivity index (χ4v) is 4.01. The number of benzene rings is 1. The van der Waals surface area contributed by atoms with Gasteiger partial charge in [0.2, 0.25) is 0 Å². The largest absolute Gasteiger partial charge is 0.478 e. The number of hydrogen-bond acceptors (Lipinski definition) is 7. The van der Waals surface area contributed by atoms with Crippen LogP contribution in [0.5, 0.6) is 5.75 Å². The van der Waals surface area contributed by atoms with Crippen LogP contribution in [0.4, 0.5) is 5.69 Å². The van der Waals surface area contributed by atoms with E-state index in [4.69, 9.17) is 9.26 Å². The van der Waals surface area contributed by atoms with E-state index in [0.29, 0.717) is 23.4 Å². The molecule has 3 rings (SSSR count). The highest BCUT2D eigenvalue weighted by Crippen LogP contribution is 2.35. The number of ether oxygens (including phenoxy) is 1. The Labute approximate surface area is 162 Å². The second-order valence-electron chi connectivity index (χ2n) is 6.85. The van der Waals surface area contributed by atoms with E-state index in [2.05, 4.69) is 10.5 Å². The monoisotopic (exact) mass is 407 g/mol. The minimum Gasteiger partial charge on any atom is -0.478 e. The molecular weight excluding hydrogens is 386 g/mol. The summed E-state index contributed by atoms with van der Waals surface area (Å²) in [6.07, 6.45) is -0.209. The molecule has 9 nitrogen and oxygen atoms in total. The smallest absolute Gasteiger partial charge is 0.287 e. The summed E-state index contributed by atoms with van der Waals surface area (Å²) in [5.41, 5.74) is 0.605. The van der Waals surface area contributed by atoms with E-state index in [1.165, 1.54) is 18.2 Å². The fraction of sp³-hybridized carbons (Fsp3) is 0.389. The Bertz CT molecular complexity index is 1040. The number of aryl methyl sites for hydroxylation is 2. The van der Waals surface area contributed by atoms with Crippen molar-refractivity contribution in [3.05, 3.63) is 35.2 Å². The molecule has 0 radical (unpaired) electrons. The quantitative estimate of drug-likeness (QED) is 0.776. The lowest BCUT2D eigenvalue weighted by molar-refractivity contribution is -0.125. The first-order valence-corrected chi connectivity index (χ1v) is 10.3. The van der Waals surface area contributed by atoms with Gasteiger partial charge in [-0.15, -0.1) is 0 Å². The number of carbonyl (C=O) groups excluding carboxylic acids is 2. The van der Waals surface area contributed by atoms with Gasteiger partial charge in [0.15, 0.2) is 11.8 Å². The van der Waals surface area contributed by atoms with Crippen LogP contribution in [0.1, 0.15) is 42.6 Å². The number of sulfonamides is 1. The second kappa shape index (κ2) is 7.27. The van der Waals surface area contributed by atoms with Crippen LogP contribution in [0.15, 0.2) is 27.6 Å². The maximum absolute atomic E-state index is 12.7. The molecule has 10 heteroatoms. The Hall–Kier alpha value is -2.88. The van der Waals surface area contributed by atoms with E-state index >= 15 is 0 Å². The molecule has 0 bridgehead atoms. The van der Waals surface area contributed by atoms with Crippen LogP contribution < -0.4 is 14.8 Å². The van der Waals surface area contributed by atoms with Crippen molar-refractivity contribution in [1.82, 2.24) is 9.88 Å². The average molecular weight is 407 g/mol. The van der Waals surface area contributed by atoms with Crippen molar-refractivity contribution in [1.29, 1.82) is 0 Å². The van der Waals surface area contributed by atoms with Gasteiger partial charge in [-0.2, -0.15) is 0 Å². The molecule has 1 aromatic heterocycles.